The molecule has 1 aliphatic heterocycles. The minimum atomic E-state index is -0.485. The van der Waals surface area contributed by atoms with Gasteiger partial charge in [-0.25, -0.2) is 0 Å². The highest BCUT2D eigenvalue weighted by Crippen LogP contribution is 2.23. The van der Waals surface area contributed by atoms with E-state index in [1.54, 1.807) is 13.2 Å². The minimum absolute atomic E-state index is 0.0389. The predicted octanol–water partition coefficient (Wildman–Crippen LogP) is 1.85. The Morgan fingerprint density at radius 1 is 1.62 bits per heavy atom. The Morgan fingerprint density at radius 2 is 2.31 bits per heavy atom. The Hall–Kier alpha value is -0.800. The number of ether oxygens (including phenoxy) is 3. The minimum Gasteiger partial charge on any atom is -0.497 e. The van der Waals surface area contributed by atoms with Gasteiger partial charge in [0.05, 0.1) is 13.7 Å². The smallest absolute Gasteiger partial charge is 0.163 e. The zero-order valence-electron chi connectivity index (χ0n) is 8.37. The molecule has 74 valence electrons. The first-order chi connectivity index (χ1) is 6.07. The molecule has 1 unspecified atom stereocenters. The molecular formula is C10H16O3. The summed E-state index contributed by atoms with van der Waals surface area (Å²) in [4.78, 5) is 0. The van der Waals surface area contributed by atoms with Crippen molar-refractivity contribution in [2.45, 2.75) is 25.7 Å². The third-order valence-electron chi connectivity index (χ3n) is 1.82. The highest BCUT2D eigenvalue weighted by atomic mass is 16.7. The fourth-order valence-electron chi connectivity index (χ4n) is 1.20. The molecule has 3 heteroatoms. The van der Waals surface area contributed by atoms with E-state index < -0.39 is 5.79 Å². The lowest BCUT2D eigenvalue weighted by Crippen LogP contribution is -2.20. The Morgan fingerprint density at radius 3 is 2.69 bits per heavy atom. The fourth-order valence-corrected chi connectivity index (χ4v) is 1.20. The van der Waals surface area contributed by atoms with Gasteiger partial charge in [0.15, 0.2) is 5.79 Å². The first kappa shape index (κ1) is 10.3. The first-order valence-corrected chi connectivity index (χ1v) is 4.27. The topological polar surface area (TPSA) is 27.7 Å². The van der Waals surface area contributed by atoms with Crippen LogP contribution in [0.2, 0.25) is 0 Å². The number of hydrogen-bond acceptors (Lipinski definition) is 3. The van der Waals surface area contributed by atoms with Gasteiger partial charge in [-0.3, -0.25) is 0 Å². The van der Waals surface area contributed by atoms with E-state index in [4.69, 9.17) is 14.2 Å². The van der Waals surface area contributed by atoms with Gasteiger partial charge in [-0.1, -0.05) is 6.58 Å². The van der Waals surface area contributed by atoms with Crippen LogP contribution in [-0.2, 0) is 14.2 Å². The normalized spacial score (nSPS) is 27.3. The van der Waals surface area contributed by atoms with E-state index in [1.165, 1.54) is 0 Å². The van der Waals surface area contributed by atoms with Gasteiger partial charge in [-0.05, 0) is 26.0 Å². The van der Waals surface area contributed by atoms with Crippen LogP contribution < -0.4 is 0 Å². The van der Waals surface area contributed by atoms with Gasteiger partial charge in [0.25, 0.3) is 0 Å². The molecular weight excluding hydrogens is 168 g/mol. The molecule has 1 heterocycles. The molecule has 0 aromatic carbocycles. The Kier molecular flexibility index (Phi) is 3.12. The zero-order valence-corrected chi connectivity index (χ0v) is 8.37. The van der Waals surface area contributed by atoms with E-state index >= 15 is 0 Å². The molecule has 1 atom stereocenters. The van der Waals surface area contributed by atoms with Gasteiger partial charge in [0.1, 0.15) is 11.9 Å². The maximum absolute atomic E-state index is 5.56. The SMILES string of the molecule is C=C/C(=C/C1COC(C)(C)O1)OC. The third kappa shape index (κ3) is 2.86. The summed E-state index contributed by atoms with van der Waals surface area (Å²) in [6, 6.07) is 0. The van der Waals surface area contributed by atoms with Crippen molar-refractivity contribution >= 4 is 0 Å². The molecule has 0 amide bonds. The summed E-state index contributed by atoms with van der Waals surface area (Å²) in [5, 5.41) is 0. The summed E-state index contributed by atoms with van der Waals surface area (Å²) in [7, 11) is 1.61. The zero-order chi connectivity index (χ0) is 9.90. The van der Waals surface area contributed by atoms with Crippen molar-refractivity contribution in [3.05, 3.63) is 24.5 Å². The molecule has 0 spiro atoms. The predicted molar refractivity (Wildman–Crippen MR) is 50.2 cm³/mol. The molecule has 0 bridgehead atoms. The summed E-state index contributed by atoms with van der Waals surface area (Å²) in [6.45, 7) is 7.96. The number of rotatable bonds is 3. The number of methoxy groups -OCH3 is 1. The maximum atomic E-state index is 5.56. The van der Waals surface area contributed by atoms with Crippen molar-refractivity contribution in [3.8, 4) is 0 Å². The Bertz CT molecular complexity index is 218. The van der Waals surface area contributed by atoms with Crippen LogP contribution in [0.1, 0.15) is 13.8 Å². The average Bonchev–Trinajstić information content (AvgIpc) is 2.41. The molecule has 0 saturated carbocycles. The second kappa shape index (κ2) is 3.94. The Balaban J connectivity index is 2.56. The van der Waals surface area contributed by atoms with Gasteiger partial charge >= 0.3 is 0 Å². The molecule has 1 aliphatic rings. The van der Waals surface area contributed by atoms with Crippen LogP contribution in [0.25, 0.3) is 0 Å². The van der Waals surface area contributed by atoms with Gasteiger partial charge < -0.3 is 14.2 Å². The first-order valence-electron chi connectivity index (χ1n) is 4.27. The molecule has 13 heavy (non-hydrogen) atoms. The summed E-state index contributed by atoms with van der Waals surface area (Å²) < 4.78 is 16.0. The molecule has 0 aromatic rings. The van der Waals surface area contributed by atoms with Gasteiger partial charge in [0, 0.05) is 0 Å². The van der Waals surface area contributed by atoms with E-state index in [1.807, 2.05) is 19.9 Å². The van der Waals surface area contributed by atoms with Gasteiger partial charge in [-0.15, -0.1) is 0 Å². The standard InChI is InChI=1S/C10H16O3/c1-5-8(11-4)6-9-7-12-10(2,3)13-9/h5-6,9H,1,7H2,2-4H3/b8-6-. The molecule has 1 fully saturated rings. The lowest BCUT2D eigenvalue weighted by Gasteiger charge is -2.15. The highest BCUT2D eigenvalue weighted by Gasteiger charge is 2.31. The molecule has 1 rings (SSSR count). The van der Waals surface area contributed by atoms with Gasteiger partial charge in [-0.2, -0.15) is 0 Å². The lowest BCUT2D eigenvalue weighted by molar-refractivity contribution is -0.133. The summed E-state index contributed by atoms with van der Waals surface area (Å²) in [5.74, 6) is 0.229. The van der Waals surface area contributed by atoms with E-state index in [0.29, 0.717) is 12.4 Å². The van der Waals surface area contributed by atoms with E-state index in [0.717, 1.165) is 0 Å². The van der Waals surface area contributed by atoms with Crippen molar-refractivity contribution in [1.82, 2.24) is 0 Å². The summed E-state index contributed by atoms with van der Waals surface area (Å²) in [6.07, 6.45) is 3.47. The van der Waals surface area contributed by atoms with Crippen molar-refractivity contribution in [1.29, 1.82) is 0 Å². The maximum Gasteiger partial charge on any atom is 0.163 e. The van der Waals surface area contributed by atoms with Crippen LogP contribution in [0.15, 0.2) is 24.5 Å². The second-order valence-corrected chi connectivity index (χ2v) is 3.34. The van der Waals surface area contributed by atoms with Crippen LogP contribution in [0.5, 0.6) is 0 Å². The number of allylic oxidation sites excluding steroid dienone is 1. The van der Waals surface area contributed by atoms with Crippen LogP contribution in [0.3, 0.4) is 0 Å². The molecule has 0 aliphatic carbocycles. The Labute approximate surface area is 79.0 Å². The number of hydrogen-bond donors (Lipinski definition) is 0. The van der Waals surface area contributed by atoms with Crippen molar-refractivity contribution in [3.63, 3.8) is 0 Å². The van der Waals surface area contributed by atoms with Crippen molar-refractivity contribution < 1.29 is 14.2 Å². The highest BCUT2D eigenvalue weighted by molar-refractivity contribution is 5.11. The molecule has 0 radical (unpaired) electrons. The average molecular weight is 184 g/mol. The van der Waals surface area contributed by atoms with Crippen LogP contribution in [0, 0.1) is 0 Å². The summed E-state index contributed by atoms with van der Waals surface area (Å²) >= 11 is 0. The van der Waals surface area contributed by atoms with E-state index in [-0.39, 0.29) is 6.10 Å². The quantitative estimate of drug-likeness (QED) is 0.495. The molecule has 1 saturated heterocycles. The lowest BCUT2D eigenvalue weighted by atomic mass is 10.3. The second-order valence-electron chi connectivity index (χ2n) is 3.34. The van der Waals surface area contributed by atoms with Crippen LogP contribution in [0.4, 0.5) is 0 Å². The summed E-state index contributed by atoms with van der Waals surface area (Å²) in [5.41, 5.74) is 0. The molecule has 3 nitrogen and oxygen atoms in total. The third-order valence-corrected chi connectivity index (χ3v) is 1.82. The fraction of sp³-hybridized carbons (Fsp3) is 0.600. The van der Waals surface area contributed by atoms with E-state index in [9.17, 15) is 0 Å². The largest absolute Gasteiger partial charge is 0.497 e. The van der Waals surface area contributed by atoms with Crippen molar-refractivity contribution in [2.75, 3.05) is 13.7 Å². The van der Waals surface area contributed by atoms with Crippen LogP contribution in [-0.4, -0.2) is 25.6 Å². The molecule has 0 aromatic heterocycles. The van der Waals surface area contributed by atoms with Crippen LogP contribution >= 0.6 is 0 Å². The van der Waals surface area contributed by atoms with E-state index in [2.05, 4.69) is 6.58 Å². The van der Waals surface area contributed by atoms with Gasteiger partial charge in [0.2, 0.25) is 0 Å². The molecule has 0 N–H and O–H groups in total. The monoisotopic (exact) mass is 184 g/mol. The van der Waals surface area contributed by atoms with Crippen molar-refractivity contribution in [2.24, 2.45) is 0 Å².